The molecule has 25 heavy (non-hydrogen) atoms. The fourth-order valence-corrected chi connectivity index (χ4v) is 3.15. The van der Waals surface area contributed by atoms with Gasteiger partial charge in [0, 0.05) is 19.5 Å². The minimum Gasteiger partial charge on any atom is -0.484 e. The van der Waals surface area contributed by atoms with E-state index < -0.39 is 6.10 Å². The molecule has 0 saturated carbocycles. The number of benzene rings is 2. The Morgan fingerprint density at radius 2 is 1.96 bits per heavy atom. The first-order valence-electron chi connectivity index (χ1n) is 8.65. The van der Waals surface area contributed by atoms with Crippen LogP contribution in [0.5, 0.6) is 5.75 Å². The molecule has 3 N–H and O–H groups in total. The summed E-state index contributed by atoms with van der Waals surface area (Å²) in [6, 6.07) is 15.8. The first kappa shape index (κ1) is 17.5. The van der Waals surface area contributed by atoms with Gasteiger partial charge in [-0.2, -0.15) is 0 Å². The van der Waals surface area contributed by atoms with Gasteiger partial charge < -0.3 is 20.5 Å². The molecule has 132 valence electrons. The van der Waals surface area contributed by atoms with Crippen molar-refractivity contribution in [1.29, 1.82) is 0 Å². The molecule has 0 radical (unpaired) electrons. The molecule has 0 unspecified atom stereocenters. The SMILES string of the molecule is CCNC(=O)COc1ccc(CN[C@@H]2c3ccccc3C[C@@H]2O)cc1. The van der Waals surface area contributed by atoms with E-state index in [1.165, 1.54) is 11.1 Å². The Morgan fingerprint density at radius 3 is 2.72 bits per heavy atom. The van der Waals surface area contributed by atoms with E-state index in [0.717, 1.165) is 5.56 Å². The van der Waals surface area contributed by atoms with Crippen LogP contribution in [-0.2, 0) is 17.8 Å². The van der Waals surface area contributed by atoms with E-state index in [1.807, 2.05) is 43.3 Å². The number of carbonyl (C=O) groups excluding carboxylic acids is 1. The average molecular weight is 340 g/mol. The van der Waals surface area contributed by atoms with Gasteiger partial charge in [0.25, 0.3) is 5.91 Å². The Hall–Kier alpha value is -2.37. The predicted molar refractivity (Wildman–Crippen MR) is 96.4 cm³/mol. The zero-order valence-electron chi connectivity index (χ0n) is 14.4. The molecule has 2 aromatic carbocycles. The molecular weight excluding hydrogens is 316 g/mol. The highest BCUT2D eigenvalue weighted by molar-refractivity contribution is 5.77. The second-order valence-electron chi connectivity index (χ2n) is 6.21. The van der Waals surface area contributed by atoms with Crippen LogP contribution in [0.2, 0.25) is 0 Å². The van der Waals surface area contributed by atoms with Crippen LogP contribution >= 0.6 is 0 Å². The average Bonchev–Trinajstić information content (AvgIpc) is 2.94. The molecule has 2 aromatic rings. The molecule has 2 atom stereocenters. The number of fused-ring (bicyclic) bond motifs is 1. The zero-order chi connectivity index (χ0) is 17.6. The summed E-state index contributed by atoms with van der Waals surface area (Å²) >= 11 is 0. The lowest BCUT2D eigenvalue weighted by atomic mass is 10.1. The van der Waals surface area contributed by atoms with Crippen LogP contribution in [0.3, 0.4) is 0 Å². The Labute approximate surface area is 148 Å². The molecule has 0 fully saturated rings. The molecular formula is C20H24N2O3. The van der Waals surface area contributed by atoms with E-state index in [9.17, 15) is 9.90 Å². The topological polar surface area (TPSA) is 70.6 Å². The second-order valence-corrected chi connectivity index (χ2v) is 6.21. The van der Waals surface area contributed by atoms with Crippen molar-refractivity contribution < 1.29 is 14.6 Å². The van der Waals surface area contributed by atoms with Crippen molar-refractivity contribution in [2.45, 2.75) is 32.0 Å². The van der Waals surface area contributed by atoms with E-state index in [4.69, 9.17) is 4.74 Å². The molecule has 0 spiro atoms. The van der Waals surface area contributed by atoms with Crippen molar-refractivity contribution in [3.63, 3.8) is 0 Å². The molecule has 3 rings (SSSR count). The van der Waals surface area contributed by atoms with E-state index >= 15 is 0 Å². The molecule has 5 heteroatoms. The number of nitrogens with one attached hydrogen (secondary N) is 2. The fourth-order valence-electron chi connectivity index (χ4n) is 3.15. The fraction of sp³-hybridized carbons (Fsp3) is 0.350. The lowest BCUT2D eigenvalue weighted by Gasteiger charge is -2.18. The summed E-state index contributed by atoms with van der Waals surface area (Å²) in [4.78, 5) is 11.4. The number of hydrogen-bond donors (Lipinski definition) is 3. The first-order chi connectivity index (χ1) is 12.2. The predicted octanol–water partition coefficient (Wildman–Crippen LogP) is 1.95. The molecule has 5 nitrogen and oxygen atoms in total. The Kier molecular flexibility index (Phi) is 5.68. The van der Waals surface area contributed by atoms with Crippen LogP contribution in [0.25, 0.3) is 0 Å². The Bertz CT molecular complexity index is 715. The van der Waals surface area contributed by atoms with Gasteiger partial charge in [-0.3, -0.25) is 4.79 Å². The number of amides is 1. The number of aliphatic hydroxyl groups is 1. The van der Waals surface area contributed by atoms with Crippen LogP contribution in [-0.4, -0.2) is 30.3 Å². The lowest BCUT2D eigenvalue weighted by Crippen LogP contribution is -2.28. The third-order valence-electron chi connectivity index (χ3n) is 4.40. The summed E-state index contributed by atoms with van der Waals surface area (Å²) in [5.41, 5.74) is 3.49. The quantitative estimate of drug-likeness (QED) is 0.720. The lowest BCUT2D eigenvalue weighted by molar-refractivity contribution is -0.122. The van der Waals surface area contributed by atoms with E-state index in [0.29, 0.717) is 25.3 Å². The molecule has 0 aromatic heterocycles. The number of aliphatic hydroxyl groups excluding tert-OH is 1. The Morgan fingerprint density at radius 1 is 1.20 bits per heavy atom. The second kappa shape index (κ2) is 8.14. The van der Waals surface area contributed by atoms with Crippen LogP contribution in [0.4, 0.5) is 0 Å². The van der Waals surface area contributed by atoms with Crippen LogP contribution in [0.15, 0.2) is 48.5 Å². The highest BCUT2D eigenvalue weighted by Gasteiger charge is 2.29. The number of carbonyl (C=O) groups is 1. The third kappa shape index (κ3) is 4.38. The molecule has 1 aliphatic rings. The van der Waals surface area contributed by atoms with Gasteiger partial charge >= 0.3 is 0 Å². The number of ether oxygens (including phenoxy) is 1. The zero-order valence-corrected chi connectivity index (χ0v) is 14.4. The van der Waals surface area contributed by atoms with Gasteiger partial charge in [-0.1, -0.05) is 36.4 Å². The maximum Gasteiger partial charge on any atom is 0.257 e. The summed E-state index contributed by atoms with van der Waals surface area (Å²) in [6.07, 6.45) is 0.303. The molecule has 0 aliphatic heterocycles. The van der Waals surface area contributed by atoms with Crippen molar-refractivity contribution in [3.05, 3.63) is 65.2 Å². The van der Waals surface area contributed by atoms with Gasteiger partial charge in [-0.05, 0) is 35.7 Å². The van der Waals surface area contributed by atoms with Crippen molar-refractivity contribution in [1.82, 2.24) is 10.6 Å². The van der Waals surface area contributed by atoms with E-state index in [1.54, 1.807) is 0 Å². The highest BCUT2D eigenvalue weighted by Crippen LogP contribution is 2.31. The van der Waals surface area contributed by atoms with Crippen molar-refractivity contribution >= 4 is 5.91 Å². The highest BCUT2D eigenvalue weighted by atomic mass is 16.5. The van der Waals surface area contributed by atoms with Crippen molar-refractivity contribution in [2.24, 2.45) is 0 Å². The first-order valence-corrected chi connectivity index (χ1v) is 8.65. The summed E-state index contributed by atoms with van der Waals surface area (Å²) in [6.45, 7) is 3.16. The minimum absolute atomic E-state index is 0.0243. The van der Waals surface area contributed by atoms with Crippen molar-refractivity contribution in [3.8, 4) is 5.75 Å². The van der Waals surface area contributed by atoms with Crippen LogP contribution in [0, 0.1) is 0 Å². The van der Waals surface area contributed by atoms with E-state index in [-0.39, 0.29) is 18.6 Å². The van der Waals surface area contributed by atoms with Crippen LogP contribution in [0.1, 0.15) is 29.7 Å². The normalized spacial score (nSPS) is 18.6. The maximum atomic E-state index is 11.4. The maximum absolute atomic E-state index is 11.4. The molecule has 1 aliphatic carbocycles. The van der Waals surface area contributed by atoms with Gasteiger partial charge in [-0.15, -0.1) is 0 Å². The summed E-state index contributed by atoms with van der Waals surface area (Å²) in [5, 5.41) is 16.4. The Balaban J connectivity index is 1.53. The van der Waals surface area contributed by atoms with E-state index in [2.05, 4.69) is 22.8 Å². The molecule has 0 heterocycles. The van der Waals surface area contributed by atoms with Crippen molar-refractivity contribution in [2.75, 3.05) is 13.2 Å². The van der Waals surface area contributed by atoms with Gasteiger partial charge in [-0.25, -0.2) is 0 Å². The molecule has 1 amide bonds. The van der Waals surface area contributed by atoms with Crippen LogP contribution < -0.4 is 15.4 Å². The number of likely N-dealkylation sites (N-methyl/N-ethyl adjacent to an activating group) is 1. The minimum atomic E-state index is -0.392. The third-order valence-corrected chi connectivity index (χ3v) is 4.40. The number of rotatable bonds is 7. The van der Waals surface area contributed by atoms with Gasteiger partial charge in [0.05, 0.1) is 12.1 Å². The largest absolute Gasteiger partial charge is 0.484 e. The summed E-state index contributed by atoms with van der Waals surface area (Å²) in [7, 11) is 0. The number of hydrogen-bond acceptors (Lipinski definition) is 4. The summed E-state index contributed by atoms with van der Waals surface area (Å²) < 4.78 is 5.44. The van der Waals surface area contributed by atoms with Gasteiger partial charge in [0.15, 0.2) is 6.61 Å². The monoisotopic (exact) mass is 340 g/mol. The molecule has 0 saturated heterocycles. The smallest absolute Gasteiger partial charge is 0.257 e. The van der Waals surface area contributed by atoms with Gasteiger partial charge in [0.2, 0.25) is 0 Å². The standard InChI is InChI=1S/C20H24N2O3/c1-2-21-19(24)13-25-16-9-7-14(8-10-16)12-22-20-17-6-4-3-5-15(17)11-18(20)23/h3-10,18,20,22-23H,2,11-13H2,1H3,(H,21,24)/t18-,20+/m0/s1. The summed E-state index contributed by atoms with van der Waals surface area (Å²) in [5.74, 6) is 0.545. The van der Waals surface area contributed by atoms with Gasteiger partial charge in [0.1, 0.15) is 5.75 Å². The molecule has 0 bridgehead atoms.